The van der Waals surface area contributed by atoms with E-state index in [0.29, 0.717) is 0 Å². The van der Waals surface area contributed by atoms with Gasteiger partial charge in [-0.2, -0.15) is 0 Å². The van der Waals surface area contributed by atoms with Crippen LogP contribution in [0.2, 0.25) is 0 Å². The minimum absolute atomic E-state index is 0.00421. The summed E-state index contributed by atoms with van der Waals surface area (Å²) in [6, 6.07) is 95.0. The second-order valence-corrected chi connectivity index (χ2v) is 20.9. The predicted octanol–water partition coefficient (Wildman–Crippen LogP) is 19.1. The summed E-state index contributed by atoms with van der Waals surface area (Å²) >= 11 is 0. The fourth-order valence-electron chi connectivity index (χ4n) is 14.7. The Labute approximate surface area is 426 Å². The first-order chi connectivity index (χ1) is 36.2. The van der Waals surface area contributed by atoms with Crippen molar-refractivity contribution in [2.24, 2.45) is 0 Å². The summed E-state index contributed by atoms with van der Waals surface area (Å²) in [7, 11) is 0. The Morgan fingerprint density at radius 1 is 0.274 bits per heavy atom. The molecule has 0 radical (unpaired) electrons. The maximum atomic E-state index is 2.69. The second kappa shape index (κ2) is 15.4. The summed E-state index contributed by atoms with van der Waals surface area (Å²) in [5.41, 5.74) is 24.1. The zero-order valence-corrected chi connectivity index (χ0v) is 40.4. The molecule has 0 saturated heterocycles. The molecular weight excluding hydrogens is 879 g/mol. The van der Waals surface area contributed by atoms with Gasteiger partial charge in [0, 0.05) is 22.2 Å². The van der Waals surface area contributed by atoms with E-state index in [9.17, 15) is 0 Å². The van der Waals surface area contributed by atoms with Gasteiger partial charge in [-0.15, -0.1) is 0 Å². The number of fused-ring (bicyclic) bond motifs is 21. The summed E-state index contributed by atoms with van der Waals surface area (Å²) < 4.78 is 0. The van der Waals surface area contributed by atoms with Crippen molar-refractivity contribution >= 4 is 49.4 Å². The van der Waals surface area contributed by atoms with Gasteiger partial charge < -0.3 is 4.90 Å². The fraction of sp³-hybridized carbons (Fsp3) is 0.0833. The van der Waals surface area contributed by atoms with E-state index in [-0.39, 0.29) is 5.41 Å². The number of nitrogens with zero attached hydrogens (tertiary/aromatic N) is 1. The lowest BCUT2D eigenvalue weighted by Crippen LogP contribution is -2.26. The summed E-state index contributed by atoms with van der Waals surface area (Å²) in [6.07, 6.45) is 4.82. The van der Waals surface area contributed by atoms with Crippen LogP contribution in [0.5, 0.6) is 0 Å². The number of rotatable bonds is 5. The normalized spacial score (nSPS) is 14.8. The molecule has 1 fully saturated rings. The molecule has 0 unspecified atom stereocenters. The van der Waals surface area contributed by atoms with Gasteiger partial charge in [0.05, 0.1) is 16.8 Å². The SMILES string of the molecule is c1ccc(-c2ccccc2-c2cc3c(cc2N(c2ccc4c5ccccc5c5ccccc5c4c2)c2cccc4c2-c2ccccc2C42CCCC2)C2(c4ccccc4-c4ccccc42)c2ccccc2-3)cc1. The monoisotopic (exact) mass is 927 g/mol. The number of benzene rings is 12. The zero-order valence-electron chi connectivity index (χ0n) is 40.4. The molecule has 342 valence electrons. The Kier molecular flexibility index (Phi) is 8.61. The van der Waals surface area contributed by atoms with Crippen LogP contribution < -0.4 is 4.90 Å². The van der Waals surface area contributed by atoms with E-state index >= 15 is 0 Å². The van der Waals surface area contributed by atoms with Crippen molar-refractivity contribution in [3.05, 3.63) is 282 Å². The van der Waals surface area contributed by atoms with Crippen molar-refractivity contribution < 1.29 is 0 Å². The molecule has 12 aromatic carbocycles. The summed E-state index contributed by atoms with van der Waals surface area (Å²) in [4.78, 5) is 2.69. The third kappa shape index (κ3) is 5.47. The predicted molar refractivity (Wildman–Crippen MR) is 305 cm³/mol. The molecule has 73 heavy (non-hydrogen) atoms. The van der Waals surface area contributed by atoms with Gasteiger partial charge in [0.2, 0.25) is 0 Å². The molecule has 2 spiro atoms. The maximum absolute atomic E-state index is 2.69. The first kappa shape index (κ1) is 40.9. The third-order valence-corrected chi connectivity index (χ3v) is 17.6. The van der Waals surface area contributed by atoms with Gasteiger partial charge in [-0.25, -0.2) is 0 Å². The number of anilines is 3. The first-order valence-electron chi connectivity index (χ1n) is 26.2. The molecule has 0 N–H and O–H groups in total. The molecule has 0 aromatic heterocycles. The Morgan fingerprint density at radius 2 is 0.753 bits per heavy atom. The van der Waals surface area contributed by atoms with Crippen molar-refractivity contribution in [1.29, 1.82) is 0 Å². The van der Waals surface area contributed by atoms with Crippen LogP contribution in [0.3, 0.4) is 0 Å². The fourth-order valence-corrected chi connectivity index (χ4v) is 14.7. The van der Waals surface area contributed by atoms with E-state index < -0.39 is 5.41 Å². The largest absolute Gasteiger partial charge is 0.309 e. The average molecular weight is 928 g/mol. The van der Waals surface area contributed by atoms with E-state index in [1.165, 1.54) is 158 Å². The molecule has 0 bridgehead atoms. The van der Waals surface area contributed by atoms with Crippen molar-refractivity contribution in [2.75, 3.05) is 4.90 Å². The molecule has 1 nitrogen and oxygen atoms in total. The van der Waals surface area contributed by atoms with Crippen LogP contribution in [0.1, 0.15) is 59.1 Å². The molecule has 0 heterocycles. The molecule has 4 aliphatic carbocycles. The lowest BCUT2D eigenvalue weighted by molar-refractivity contribution is 0.550. The molecule has 1 heteroatoms. The molecule has 1 saturated carbocycles. The van der Waals surface area contributed by atoms with E-state index in [2.05, 4.69) is 254 Å². The van der Waals surface area contributed by atoms with Crippen molar-refractivity contribution in [3.8, 4) is 55.6 Å². The van der Waals surface area contributed by atoms with Gasteiger partial charge >= 0.3 is 0 Å². The third-order valence-electron chi connectivity index (χ3n) is 17.6. The van der Waals surface area contributed by atoms with Gasteiger partial charge in [0.15, 0.2) is 0 Å². The van der Waals surface area contributed by atoms with Crippen LogP contribution in [-0.2, 0) is 10.8 Å². The highest BCUT2D eigenvalue weighted by atomic mass is 15.1. The zero-order chi connectivity index (χ0) is 47.8. The maximum Gasteiger partial charge on any atom is 0.0726 e. The summed E-state index contributed by atoms with van der Waals surface area (Å²) in [5.74, 6) is 0. The Morgan fingerprint density at radius 3 is 1.38 bits per heavy atom. The molecule has 16 rings (SSSR count). The molecule has 0 amide bonds. The lowest BCUT2D eigenvalue weighted by atomic mass is 9.70. The van der Waals surface area contributed by atoms with Gasteiger partial charge in [-0.1, -0.05) is 231 Å². The number of hydrogen-bond donors (Lipinski definition) is 0. The Bertz CT molecular complexity index is 4200. The van der Waals surface area contributed by atoms with E-state index in [1.54, 1.807) is 0 Å². The summed E-state index contributed by atoms with van der Waals surface area (Å²) in [5, 5.41) is 7.63. The quantitative estimate of drug-likeness (QED) is 0.156. The minimum Gasteiger partial charge on any atom is -0.309 e. The van der Waals surface area contributed by atoms with E-state index in [0.717, 1.165) is 5.69 Å². The smallest absolute Gasteiger partial charge is 0.0726 e. The molecule has 4 aliphatic rings. The van der Waals surface area contributed by atoms with Gasteiger partial charge in [0.1, 0.15) is 0 Å². The Balaban J connectivity index is 1.08. The van der Waals surface area contributed by atoms with E-state index in [1.807, 2.05) is 0 Å². The standard InChI is InChI=1S/C72H49N/c1-2-21-46(22-3-1)48-23-4-5-24-49(48)61-44-60-57-31-12-17-36-65(57)72(63-34-15-10-29-55(63)56-30-11-16-35-64(56)72)67(60)45-69(61)73(68-38-20-37-66-70(68)58-32-13-14-33-62(58)71(66)41-18-19-42-71)47-39-40-54-52-27-7-6-25-50(52)51-26-8-9-28-53(51)59(54)43-47/h1-17,20-40,43-45H,18-19,41-42H2. The van der Waals surface area contributed by atoms with Crippen LogP contribution >= 0.6 is 0 Å². The van der Waals surface area contributed by atoms with Gasteiger partial charge in [-0.05, 0) is 153 Å². The molecule has 0 aliphatic heterocycles. The lowest BCUT2D eigenvalue weighted by Gasteiger charge is -2.34. The number of hydrogen-bond acceptors (Lipinski definition) is 1. The van der Waals surface area contributed by atoms with E-state index in [4.69, 9.17) is 0 Å². The highest BCUT2D eigenvalue weighted by Gasteiger charge is 2.52. The van der Waals surface area contributed by atoms with Crippen LogP contribution in [-0.4, -0.2) is 0 Å². The topological polar surface area (TPSA) is 3.24 Å². The Hall–Kier alpha value is -8.78. The first-order valence-corrected chi connectivity index (χ1v) is 26.2. The highest BCUT2D eigenvalue weighted by Crippen LogP contribution is 2.66. The highest BCUT2D eigenvalue weighted by molar-refractivity contribution is 6.26. The average Bonchev–Trinajstić information content (AvgIpc) is 4.23. The van der Waals surface area contributed by atoms with Crippen LogP contribution in [0.15, 0.2) is 249 Å². The minimum atomic E-state index is -0.533. The molecule has 12 aromatic rings. The van der Waals surface area contributed by atoms with Crippen LogP contribution in [0.25, 0.3) is 88.0 Å². The van der Waals surface area contributed by atoms with Crippen LogP contribution in [0, 0.1) is 0 Å². The second-order valence-electron chi connectivity index (χ2n) is 20.9. The molecular formula is C72H49N. The van der Waals surface area contributed by atoms with Gasteiger partial charge in [0.25, 0.3) is 0 Å². The molecule has 0 atom stereocenters. The summed E-state index contributed by atoms with van der Waals surface area (Å²) in [6.45, 7) is 0. The van der Waals surface area contributed by atoms with Crippen molar-refractivity contribution in [3.63, 3.8) is 0 Å². The van der Waals surface area contributed by atoms with Crippen LogP contribution in [0.4, 0.5) is 17.1 Å². The van der Waals surface area contributed by atoms with Crippen molar-refractivity contribution in [2.45, 2.75) is 36.5 Å². The van der Waals surface area contributed by atoms with Gasteiger partial charge in [-0.3, -0.25) is 0 Å². The van der Waals surface area contributed by atoms with Crippen molar-refractivity contribution in [1.82, 2.24) is 0 Å².